The minimum absolute atomic E-state index is 0.0194. The SMILES string of the molecule is NCCOc1ccc(Nc2nc[nH]c(=O)c2Cl)cc1. The molecule has 7 heteroatoms. The lowest BCUT2D eigenvalue weighted by Gasteiger charge is -2.08. The second-order valence-corrected chi connectivity index (χ2v) is 4.06. The molecule has 0 amide bonds. The highest BCUT2D eigenvalue weighted by Gasteiger charge is 2.05. The van der Waals surface area contributed by atoms with E-state index in [0.717, 1.165) is 11.4 Å². The molecule has 0 atom stereocenters. The number of hydrogen-bond acceptors (Lipinski definition) is 5. The van der Waals surface area contributed by atoms with Crippen LogP contribution in [0.3, 0.4) is 0 Å². The van der Waals surface area contributed by atoms with Crippen LogP contribution in [0.25, 0.3) is 0 Å². The number of nitrogens with two attached hydrogens (primary N) is 1. The highest BCUT2D eigenvalue weighted by molar-refractivity contribution is 6.32. The van der Waals surface area contributed by atoms with Gasteiger partial charge in [0.1, 0.15) is 17.4 Å². The average molecular weight is 281 g/mol. The number of benzene rings is 1. The number of hydrogen-bond donors (Lipinski definition) is 3. The number of aromatic amines is 1. The Hall–Kier alpha value is -2.05. The van der Waals surface area contributed by atoms with E-state index in [1.165, 1.54) is 6.33 Å². The number of H-pyrrole nitrogens is 1. The molecule has 1 heterocycles. The van der Waals surface area contributed by atoms with Crippen molar-refractivity contribution in [1.82, 2.24) is 9.97 Å². The summed E-state index contributed by atoms with van der Waals surface area (Å²) in [6.07, 6.45) is 1.29. The van der Waals surface area contributed by atoms with Gasteiger partial charge in [0.15, 0.2) is 5.82 Å². The Bertz CT molecular complexity index is 597. The van der Waals surface area contributed by atoms with E-state index in [-0.39, 0.29) is 10.6 Å². The predicted molar refractivity (Wildman–Crippen MR) is 74.1 cm³/mol. The minimum Gasteiger partial charge on any atom is -0.492 e. The molecule has 0 aliphatic carbocycles. The molecular weight excluding hydrogens is 268 g/mol. The van der Waals surface area contributed by atoms with E-state index in [1.54, 1.807) is 24.3 Å². The largest absolute Gasteiger partial charge is 0.492 e. The summed E-state index contributed by atoms with van der Waals surface area (Å²) < 4.78 is 5.35. The van der Waals surface area contributed by atoms with Gasteiger partial charge >= 0.3 is 0 Å². The average Bonchev–Trinajstić information content (AvgIpc) is 2.43. The number of nitrogens with one attached hydrogen (secondary N) is 2. The molecule has 19 heavy (non-hydrogen) atoms. The van der Waals surface area contributed by atoms with Crippen molar-refractivity contribution in [2.24, 2.45) is 5.73 Å². The molecule has 0 aliphatic rings. The number of rotatable bonds is 5. The standard InChI is InChI=1S/C12H13ClN4O2/c13-10-11(15-7-16-12(10)18)17-8-1-3-9(4-2-8)19-6-5-14/h1-4,7H,5-6,14H2,(H2,15,16,17,18). The zero-order chi connectivity index (χ0) is 13.7. The fraction of sp³-hybridized carbons (Fsp3) is 0.167. The zero-order valence-electron chi connectivity index (χ0n) is 10.0. The van der Waals surface area contributed by atoms with E-state index < -0.39 is 0 Å². The monoisotopic (exact) mass is 280 g/mol. The van der Waals surface area contributed by atoms with Gasteiger partial charge < -0.3 is 20.8 Å². The Morgan fingerprint density at radius 1 is 1.37 bits per heavy atom. The summed E-state index contributed by atoms with van der Waals surface area (Å²) in [6, 6.07) is 7.17. The highest BCUT2D eigenvalue weighted by atomic mass is 35.5. The maximum Gasteiger partial charge on any atom is 0.271 e. The van der Waals surface area contributed by atoms with Crippen molar-refractivity contribution in [3.8, 4) is 5.75 Å². The third kappa shape index (κ3) is 3.46. The Labute approximate surface area is 114 Å². The van der Waals surface area contributed by atoms with Crippen LogP contribution in [0.15, 0.2) is 35.4 Å². The van der Waals surface area contributed by atoms with Crippen molar-refractivity contribution in [2.75, 3.05) is 18.5 Å². The van der Waals surface area contributed by atoms with E-state index >= 15 is 0 Å². The van der Waals surface area contributed by atoms with Gasteiger partial charge in [0.2, 0.25) is 0 Å². The fourth-order valence-electron chi connectivity index (χ4n) is 1.42. The molecule has 2 aromatic rings. The number of anilines is 2. The first-order chi connectivity index (χ1) is 9.20. The Morgan fingerprint density at radius 3 is 2.79 bits per heavy atom. The summed E-state index contributed by atoms with van der Waals surface area (Å²) in [5.74, 6) is 1.03. The summed E-state index contributed by atoms with van der Waals surface area (Å²) in [7, 11) is 0. The maximum atomic E-state index is 11.3. The first-order valence-electron chi connectivity index (χ1n) is 5.64. The molecule has 4 N–H and O–H groups in total. The maximum absolute atomic E-state index is 11.3. The first-order valence-corrected chi connectivity index (χ1v) is 6.01. The summed E-state index contributed by atoms with van der Waals surface area (Å²) in [5, 5.41) is 2.97. The first kappa shape index (κ1) is 13.4. The fourth-order valence-corrected chi connectivity index (χ4v) is 1.57. The molecule has 0 unspecified atom stereocenters. The minimum atomic E-state index is -0.387. The van der Waals surface area contributed by atoms with Crippen LogP contribution in [0.2, 0.25) is 5.02 Å². The molecule has 100 valence electrons. The van der Waals surface area contributed by atoms with Crippen molar-refractivity contribution >= 4 is 23.1 Å². The van der Waals surface area contributed by atoms with Crippen LogP contribution < -0.4 is 21.3 Å². The van der Waals surface area contributed by atoms with Crippen molar-refractivity contribution in [2.45, 2.75) is 0 Å². The van der Waals surface area contributed by atoms with Gasteiger partial charge in [-0.25, -0.2) is 4.98 Å². The Morgan fingerprint density at radius 2 is 2.11 bits per heavy atom. The number of nitrogens with zero attached hydrogens (tertiary/aromatic N) is 1. The van der Waals surface area contributed by atoms with Crippen LogP contribution in [0.5, 0.6) is 5.75 Å². The van der Waals surface area contributed by atoms with E-state index in [4.69, 9.17) is 22.1 Å². The van der Waals surface area contributed by atoms with Gasteiger partial charge in [-0.1, -0.05) is 11.6 Å². The van der Waals surface area contributed by atoms with E-state index in [9.17, 15) is 4.79 Å². The van der Waals surface area contributed by atoms with Crippen molar-refractivity contribution < 1.29 is 4.74 Å². The summed E-state index contributed by atoms with van der Waals surface area (Å²) in [4.78, 5) is 17.7. The van der Waals surface area contributed by atoms with Gasteiger partial charge in [-0.3, -0.25) is 4.79 Å². The van der Waals surface area contributed by atoms with E-state index in [2.05, 4.69) is 15.3 Å². The van der Waals surface area contributed by atoms with Crippen molar-refractivity contribution in [3.05, 3.63) is 46.0 Å². The molecule has 6 nitrogen and oxygen atoms in total. The lowest BCUT2D eigenvalue weighted by Crippen LogP contribution is -2.10. The molecule has 1 aromatic heterocycles. The van der Waals surface area contributed by atoms with Crippen LogP contribution >= 0.6 is 11.6 Å². The van der Waals surface area contributed by atoms with Gasteiger partial charge in [0.05, 0.1) is 6.33 Å². The Balaban J connectivity index is 2.11. The Kier molecular flexibility index (Phi) is 4.38. The van der Waals surface area contributed by atoms with Gasteiger partial charge in [-0.2, -0.15) is 0 Å². The second-order valence-electron chi connectivity index (χ2n) is 3.68. The number of aromatic nitrogens is 2. The molecule has 0 radical (unpaired) electrons. The lowest BCUT2D eigenvalue weighted by atomic mass is 10.3. The smallest absolute Gasteiger partial charge is 0.271 e. The normalized spacial score (nSPS) is 10.2. The van der Waals surface area contributed by atoms with Crippen LogP contribution in [0.4, 0.5) is 11.5 Å². The number of ether oxygens (including phenoxy) is 1. The lowest BCUT2D eigenvalue weighted by molar-refractivity contribution is 0.328. The van der Waals surface area contributed by atoms with Crippen molar-refractivity contribution in [3.63, 3.8) is 0 Å². The highest BCUT2D eigenvalue weighted by Crippen LogP contribution is 2.21. The third-order valence-corrected chi connectivity index (χ3v) is 2.65. The molecule has 0 aliphatic heterocycles. The van der Waals surface area contributed by atoms with E-state index in [1.807, 2.05) is 0 Å². The van der Waals surface area contributed by atoms with Crippen LogP contribution in [0.1, 0.15) is 0 Å². The second kappa shape index (κ2) is 6.21. The molecule has 0 saturated carbocycles. The molecule has 1 aromatic carbocycles. The van der Waals surface area contributed by atoms with Crippen molar-refractivity contribution in [1.29, 1.82) is 0 Å². The van der Waals surface area contributed by atoms with Crippen LogP contribution in [-0.4, -0.2) is 23.1 Å². The van der Waals surface area contributed by atoms with Gasteiger partial charge in [-0.15, -0.1) is 0 Å². The quantitative estimate of drug-likeness (QED) is 0.772. The molecule has 0 fully saturated rings. The molecular formula is C12H13ClN4O2. The zero-order valence-corrected chi connectivity index (χ0v) is 10.8. The summed E-state index contributed by atoms with van der Waals surface area (Å²) in [5.41, 5.74) is 5.71. The molecule has 0 bridgehead atoms. The third-order valence-electron chi connectivity index (χ3n) is 2.30. The topological polar surface area (TPSA) is 93.0 Å². The molecule has 2 rings (SSSR count). The van der Waals surface area contributed by atoms with Gasteiger partial charge in [0, 0.05) is 12.2 Å². The number of halogens is 1. The van der Waals surface area contributed by atoms with Crippen LogP contribution in [0, 0.1) is 0 Å². The molecule has 0 saturated heterocycles. The van der Waals surface area contributed by atoms with Gasteiger partial charge in [0.25, 0.3) is 5.56 Å². The summed E-state index contributed by atoms with van der Waals surface area (Å²) >= 11 is 5.84. The predicted octanol–water partition coefficient (Wildman–Crippen LogP) is 1.50. The van der Waals surface area contributed by atoms with Gasteiger partial charge in [-0.05, 0) is 24.3 Å². The summed E-state index contributed by atoms with van der Waals surface area (Å²) in [6.45, 7) is 0.931. The van der Waals surface area contributed by atoms with E-state index in [0.29, 0.717) is 19.0 Å². The van der Waals surface area contributed by atoms with Crippen LogP contribution in [-0.2, 0) is 0 Å². The molecule has 0 spiro atoms.